The van der Waals surface area contributed by atoms with Crippen LogP contribution in [-0.2, 0) is 0 Å². The molecule has 1 fully saturated rings. The number of unbranched alkanes of at least 4 members (excludes halogenated alkanes) is 3. The van der Waals surface area contributed by atoms with Crippen LogP contribution in [0.3, 0.4) is 0 Å². The Bertz CT molecular complexity index is 220. The van der Waals surface area contributed by atoms with E-state index in [9.17, 15) is 0 Å². The van der Waals surface area contributed by atoms with Crippen LogP contribution >= 0.6 is 0 Å². The average molecular weight is 281 g/mol. The lowest BCUT2D eigenvalue weighted by Gasteiger charge is -2.44. The van der Waals surface area contributed by atoms with Crippen LogP contribution in [-0.4, -0.2) is 0 Å². The fourth-order valence-corrected chi connectivity index (χ4v) is 4.82. The molecule has 120 valence electrons. The Kier molecular flexibility index (Phi) is 9.65. The molecule has 1 saturated carbocycles. The van der Waals surface area contributed by atoms with Gasteiger partial charge < -0.3 is 0 Å². The monoisotopic (exact) mass is 280 g/mol. The third kappa shape index (κ3) is 5.41. The van der Waals surface area contributed by atoms with E-state index in [1.807, 2.05) is 0 Å². The van der Waals surface area contributed by atoms with Crippen LogP contribution < -0.4 is 0 Å². The zero-order valence-corrected chi connectivity index (χ0v) is 14.8. The molecule has 1 aliphatic carbocycles. The second kappa shape index (κ2) is 10.7. The van der Waals surface area contributed by atoms with E-state index in [0.717, 1.165) is 23.7 Å². The molecule has 0 nitrogen and oxygen atoms in total. The minimum atomic E-state index is 1.04. The van der Waals surface area contributed by atoms with E-state index in [4.69, 9.17) is 0 Å². The summed E-state index contributed by atoms with van der Waals surface area (Å²) in [5.41, 5.74) is 0. The fraction of sp³-hybridized carbons (Fsp3) is 1.00. The smallest absolute Gasteiger partial charge is 0.0355 e. The maximum absolute atomic E-state index is 2.43. The Morgan fingerprint density at radius 2 is 1.20 bits per heavy atom. The van der Waals surface area contributed by atoms with Crippen LogP contribution in [0.1, 0.15) is 105 Å². The highest BCUT2D eigenvalue weighted by atomic mass is 14.4. The summed E-state index contributed by atoms with van der Waals surface area (Å²) in [6.07, 6.45) is 17.6. The van der Waals surface area contributed by atoms with Crippen molar-refractivity contribution in [2.24, 2.45) is 23.7 Å². The molecule has 0 radical (unpaired) electrons. The molecule has 1 aliphatic rings. The van der Waals surface area contributed by atoms with Crippen molar-refractivity contribution >= 4 is 0 Å². The fourth-order valence-electron chi connectivity index (χ4n) is 4.82. The molecule has 0 aromatic heterocycles. The number of rotatable bonds is 10. The van der Waals surface area contributed by atoms with Gasteiger partial charge in [-0.3, -0.25) is 0 Å². The van der Waals surface area contributed by atoms with Crippen LogP contribution in [0.4, 0.5) is 0 Å². The van der Waals surface area contributed by atoms with Gasteiger partial charge in [0.15, 0.2) is 0 Å². The highest BCUT2D eigenvalue weighted by Crippen LogP contribution is 2.46. The summed E-state index contributed by atoms with van der Waals surface area (Å²) < 4.78 is 0. The molecule has 0 heteroatoms. The molecule has 0 amide bonds. The molecule has 4 atom stereocenters. The lowest BCUT2D eigenvalue weighted by molar-refractivity contribution is 0.0647. The molecular formula is C20H40. The van der Waals surface area contributed by atoms with Gasteiger partial charge in [0.25, 0.3) is 0 Å². The zero-order chi connectivity index (χ0) is 14.8. The van der Waals surface area contributed by atoms with Crippen LogP contribution in [0.5, 0.6) is 0 Å². The highest BCUT2D eigenvalue weighted by molar-refractivity contribution is 4.86. The van der Waals surface area contributed by atoms with E-state index in [-0.39, 0.29) is 0 Å². The summed E-state index contributed by atoms with van der Waals surface area (Å²) in [6.45, 7) is 9.54. The molecule has 0 spiro atoms. The first-order chi connectivity index (χ1) is 9.78. The van der Waals surface area contributed by atoms with Gasteiger partial charge in [-0.15, -0.1) is 0 Å². The maximum Gasteiger partial charge on any atom is -0.0355 e. The van der Waals surface area contributed by atoms with Crippen molar-refractivity contribution in [2.45, 2.75) is 105 Å². The summed E-state index contributed by atoms with van der Waals surface area (Å²) in [5.74, 6) is 4.21. The molecule has 0 N–H and O–H groups in total. The lowest BCUT2D eigenvalue weighted by atomic mass is 9.62. The molecule has 0 saturated heterocycles. The van der Waals surface area contributed by atoms with Crippen LogP contribution in [0.25, 0.3) is 0 Å². The van der Waals surface area contributed by atoms with Crippen LogP contribution in [0, 0.1) is 23.7 Å². The van der Waals surface area contributed by atoms with Gasteiger partial charge in [0.1, 0.15) is 0 Å². The summed E-state index contributed by atoms with van der Waals surface area (Å²) in [4.78, 5) is 0. The molecule has 0 aromatic carbocycles. The van der Waals surface area contributed by atoms with Gasteiger partial charge in [0.2, 0.25) is 0 Å². The van der Waals surface area contributed by atoms with Crippen molar-refractivity contribution in [3.63, 3.8) is 0 Å². The average Bonchev–Trinajstić information content (AvgIpc) is 2.46. The SMILES string of the molecule is CCCCCCC1CCC(CC)C(CCC)C1CCC. The summed E-state index contributed by atoms with van der Waals surface area (Å²) >= 11 is 0. The van der Waals surface area contributed by atoms with Crippen LogP contribution in [0.2, 0.25) is 0 Å². The van der Waals surface area contributed by atoms with Gasteiger partial charge in [0.05, 0.1) is 0 Å². The number of hydrogen-bond acceptors (Lipinski definition) is 0. The Balaban J connectivity index is 2.58. The summed E-state index contributed by atoms with van der Waals surface area (Å²) in [6, 6.07) is 0. The Labute approximate surface area is 129 Å². The van der Waals surface area contributed by atoms with E-state index < -0.39 is 0 Å². The van der Waals surface area contributed by atoms with Gasteiger partial charge in [-0.1, -0.05) is 91.9 Å². The Morgan fingerprint density at radius 3 is 1.75 bits per heavy atom. The van der Waals surface area contributed by atoms with E-state index in [1.54, 1.807) is 0 Å². The topological polar surface area (TPSA) is 0 Å². The first-order valence-electron chi connectivity index (χ1n) is 9.78. The second-order valence-corrected chi connectivity index (χ2v) is 7.26. The molecule has 1 rings (SSSR count). The summed E-state index contributed by atoms with van der Waals surface area (Å²) in [7, 11) is 0. The molecular weight excluding hydrogens is 240 g/mol. The van der Waals surface area contributed by atoms with Crippen molar-refractivity contribution in [1.82, 2.24) is 0 Å². The molecule has 0 aromatic rings. The second-order valence-electron chi connectivity index (χ2n) is 7.26. The summed E-state index contributed by atoms with van der Waals surface area (Å²) in [5, 5.41) is 0. The number of hydrogen-bond donors (Lipinski definition) is 0. The van der Waals surface area contributed by atoms with Gasteiger partial charge >= 0.3 is 0 Å². The molecule has 0 bridgehead atoms. The largest absolute Gasteiger partial charge is 0.0654 e. The van der Waals surface area contributed by atoms with Crippen LogP contribution in [0.15, 0.2) is 0 Å². The van der Waals surface area contributed by atoms with Crippen molar-refractivity contribution in [1.29, 1.82) is 0 Å². The third-order valence-electron chi connectivity index (χ3n) is 5.87. The predicted octanol–water partition coefficient (Wildman–Crippen LogP) is 7.23. The van der Waals surface area contributed by atoms with E-state index >= 15 is 0 Å². The Morgan fingerprint density at radius 1 is 0.600 bits per heavy atom. The predicted molar refractivity (Wildman–Crippen MR) is 92.1 cm³/mol. The minimum Gasteiger partial charge on any atom is -0.0654 e. The molecule has 0 heterocycles. The third-order valence-corrected chi connectivity index (χ3v) is 5.87. The van der Waals surface area contributed by atoms with E-state index in [0.29, 0.717) is 0 Å². The van der Waals surface area contributed by atoms with Gasteiger partial charge in [-0.05, 0) is 36.5 Å². The Hall–Kier alpha value is 0. The quantitative estimate of drug-likeness (QED) is 0.370. The molecule has 4 unspecified atom stereocenters. The molecule has 20 heavy (non-hydrogen) atoms. The van der Waals surface area contributed by atoms with Crippen molar-refractivity contribution in [3.05, 3.63) is 0 Å². The van der Waals surface area contributed by atoms with Gasteiger partial charge in [-0.25, -0.2) is 0 Å². The van der Waals surface area contributed by atoms with Crippen molar-refractivity contribution < 1.29 is 0 Å². The van der Waals surface area contributed by atoms with Gasteiger partial charge in [-0.2, -0.15) is 0 Å². The van der Waals surface area contributed by atoms with Crippen molar-refractivity contribution in [3.8, 4) is 0 Å². The standard InChI is InChI=1S/C20H40/c1-5-9-10-11-14-18-16-15-17(8-4)19(12-6-2)20(18)13-7-3/h17-20H,5-16H2,1-4H3. The highest BCUT2D eigenvalue weighted by Gasteiger charge is 2.36. The van der Waals surface area contributed by atoms with Crippen molar-refractivity contribution in [2.75, 3.05) is 0 Å². The first-order valence-corrected chi connectivity index (χ1v) is 9.78. The maximum atomic E-state index is 2.43. The first kappa shape index (κ1) is 18.1. The normalized spacial score (nSPS) is 30.6. The lowest BCUT2D eigenvalue weighted by Crippen LogP contribution is -2.34. The molecule has 0 aliphatic heterocycles. The van der Waals surface area contributed by atoms with Gasteiger partial charge in [0, 0.05) is 0 Å². The zero-order valence-electron chi connectivity index (χ0n) is 14.8. The van der Waals surface area contributed by atoms with E-state index in [1.165, 1.54) is 77.0 Å². The van der Waals surface area contributed by atoms with E-state index in [2.05, 4.69) is 27.7 Å². The minimum absolute atomic E-state index is 1.04.